The number of alkyl carbamates (subject to hydrolysis) is 1. The highest BCUT2D eigenvalue weighted by Crippen LogP contribution is 2.17. The molecule has 4 N–H and O–H groups in total. The van der Waals surface area contributed by atoms with Gasteiger partial charge in [-0.2, -0.15) is 0 Å². The van der Waals surface area contributed by atoms with E-state index in [1.165, 1.54) is 0 Å². The van der Waals surface area contributed by atoms with Gasteiger partial charge in [-0.3, -0.25) is 0 Å². The highest BCUT2D eigenvalue weighted by atomic mass is 16.6. The minimum atomic E-state index is -0.492. The largest absolute Gasteiger partial charge is 0.492 e. The number of anilines is 1. The molecule has 0 unspecified atom stereocenters. The van der Waals surface area contributed by atoms with Crippen molar-refractivity contribution in [3.8, 4) is 5.75 Å². The van der Waals surface area contributed by atoms with Crippen LogP contribution >= 0.6 is 0 Å². The highest BCUT2D eigenvalue weighted by Gasteiger charge is 2.15. The minimum absolute atomic E-state index is 0.380. The Hall–Kier alpha value is -1.95. The summed E-state index contributed by atoms with van der Waals surface area (Å²) in [7, 11) is 0. The molecule has 1 rings (SSSR count). The van der Waals surface area contributed by atoms with Gasteiger partial charge < -0.3 is 25.8 Å². The number of benzene rings is 1. The number of amides is 1. The molecule has 0 bridgehead atoms. The van der Waals surface area contributed by atoms with Crippen LogP contribution in [0, 0.1) is 0 Å². The summed E-state index contributed by atoms with van der Waals surface area (Å²) in [5.41, 5.74) is 5.96. The van der Waals surface area contributed by atoms with Crippen molar-refractivity contribution in [3.63, 3.8) is 0 Å². The number of nitrogens with two attached hydrogens (primary N) is 1. The molecule has 0 aromatic heterocycles. The second-order valence-electron chi connectivity index (χ2n) is 5.87. The molecule has 22 heavy (non-hydrogen) atoms. The summed E-state index contributed by atoms with van der Waals surface area (Å²) in [5.74, 6) is 0.753. The fraction of sp³-hybridized carbons (Fsp3) is 0.562. The van der Waals surface area contributed by atoms with Gasteiger partial charge in [0, 0.05) is 18.3 Å². The smallest absolute Gasteiger partial charge is 0.407 e. The first kappa shape index (κ1) is 18.1. The quantitative estimate of drug-likeness (QED) is 0.642. The third-order valence-corrected chi connectivity index (χ3v) is 2.58. The predicted molar refractivity (Wildman–Crippen MR) is 88.3 cm³/mol. The van der Waals surface area contributed by atoms with Gasteiger partial charge in [-0.15, -0.1) is 0 Å². The first-order valence-electron chi connectivity index (χ1n) is 7.54. The first-order chi connectivity index (χ1) is 10.4. The summed E-state index contributed by atoms with van der Waals surface area (Å²) < 4.78 is 10.7. The molecule has 6 nitrogen and oxygen atoms in total. The number of carbonyl (C=O) groups is 1. The third-order valence-electron chi connectivity index (χ3n) is 2.58. The second kappa shape index (κ2) is 9.15. The summed E-state index contributed by atoms with van der Waals surface area (Å²) in [6, 6.07) is 7.69. The number of rotatable bonds is 8. The van der Waals surface area contributed by atoms with E-state index in [0.29, 0.717) is 19.7 Å². The molecule has 0 radical (unpaired) electrons. The molecule has 0 aliphatic rings. The van der Waals surface area contributed by atoms with Crippen molar-refractivity contribution in [1.29, 1.82) is 0 Å². The zero-order valence-corrected chi connectivity index (χ0v) is 13.6. The lowest BCUT2D eigenvalue weighted by Gasteiger charge is -2.19. The number of nitrogens with one attached hydrogen (secondary N) is 2. The summed E-state index contributed by atoms with van der Waals surface area (Å²) in [4.78, 5) is 11.5. The van der Waals surface area contributed by atoms with Gasteiger partial charge in [0.25, 0.3) is 0 Å². The molecule has 6 heteroatoms. The molecule has 0 saturated carbocycles. The lowest BCUT2D eigenvalue weighted by atomic mass is 10.2. The Labute approximate surface area is 132 Å². The molecule has 124 valence electrons. The lowest BCUT2D eigenvalue weighted by Crippen LogP contribution is -2.34. The van der Waals surface area contributed by atoms with E-state index in [4.69, 9.17) is 15.2 Å². The van der Waals surface area contributed by atoms with Crippen molar-refractivity contribution in [2.45, 2.75) is 32.8 Å². The van der Waals surface area contributed by atoms with Gasteiger partial charge in [0.1, 0.15) is 18.0 Å². The Kier molecular flexibility index (Phi) is 7.52. The molecular formula is C16H27N3O3. The van der Waals surface area contributed by atoms with Gasteiger partial charge in [0.2, 0.25) is 0 Å². The van der Waals surface area contributed by atoms with E-state index in [9.17, 15) is 4.79 Å². The topological polar surface area (TPSA) is 85.6 Å². The average molecular weight is 309 g/mol. The van der Waals surface area contributed by atoms with Crippen molar-refractivity contribution in [2.75, 3.05) is 31.6 Å². The fourth-order valence-corrected chi connectivity index (χ4v) is 1.67. The number of ether oxygens (including phenoxy) is 2. The SMILES string of the molecule is CC(C)(C)OC(=O)NCCOc1cccc(NCCCN)c1. The molecule has 0 saturated heterocycles. The van der Waals surface area contributed by atoms with Gasteiger partial charge in [-0.1, -0.05) is 6.07 Å². The van der Waals surface area contributed by atoms with Gasteiger partial charge in [-0.05, 0) is 45.9 Å². The number of hydrogen-bond donors (Lipinski definition) is 3. The Morgan fingerprint density at radius 3 is 2.73 bits per heavy atom. The van der Waals surface area contributed by atoms with Gasteiger partial charge in [0.15, 0.2) is 0 Å². The standard InChI is InChI=1S/C16H27N3O3/c1-16(2,3)22-15(20)19-10-11-21-14-7-4-6-13(12-14)18-9-5-8-17/h4,6-7,12,18H,5,8-11,17H2,1-3H3,(H,19,20). The summed E-state index contributed by atoms with van der Waals surface area (Å²) in [5, 5.41) is 5.92. The van der Waals surface area contributed by atoms with E-state index in [1.54, 1.807) is 0 Å². The van der Waals surface area contributed by atoms with Crippen molar-refractivity contribution < 1.29 is 14.3 Å². The molecule has 0 spiro atoms. The van der Waals surface area contributed by atoms with Crippen LogP contribution in [0.4, 0.5) is 10.5 Å². The van der Waals surface area contributed by atoms with Crippen LogP contribution in [-0.4, -0.2) is 37.9 Å². The van der Waals surface area contributed by atoms with E-state index >= 15 is 0 Å². The maximum atomic E-state index is 11.5. The zero-order chi connectivity index (χ0) is 16.4. The third kappa shape index (κ3) is 8.36. The van der Waals surface area contributed by atoms with Crippen LogP contribution in [0.2, 0.25) is 0 Å². The Morgan fingerprint density at radius 2 is 2.05 bits per heavy atom. The van der Waals surface area contributed by atoms with Gasteiger partial charge in [0.05, 0.1) is 6.54 Å². The Bertz CT molecular complexity index is 458. The van der Waals surface area contributed by atoms with Crippen molar-refractivity contribution in [2.24, 2.45) is 5.73 Å². The molecule has 1 amide bonds. The summed E-state index contributed by atoms with van der Waals surface area (Å²) in [6.07, 6.45) is 0.485. The second-order valence-corrected chi connectivity index (χ2v) is 5.87. The van der Waals surface area contributed by atoms with E-state index in [1.807, 2.05) is 45.0 Å². The Balaban J connectivity index is 2.27. The molecule has 1 aromatic rings. The summed E-state index contributed by atoms with van der Waals surface area (Å²) >= 11 is 0. The van der Waals surface area contributed by atoms with Gasteiger partial charge >= 0.3 is 6.09 Å². The van der Waals surface area contributed by atoms with E-state index in [-0.39, 0.29) is 0 Å². The molecule has 0 aliphatic carbocycles. The maximum Gasteiger partial charge on any atom is 0.407 e. The molecule has 0 fully saturated rings. The van der Waals surface area contributed by atoms with Crippen molar-refractivity contribution >= 4 is 11.8 Å². The monoisotopic (exact) mass is 309 g/mol. The maximum absolute atomic E-state index is 11.5. The van der Waals surface area contributed by atoms with Crippen LogP contribution in [0.1, 0.15) is 27.2 Å². The molecule has 1 aromatic carbocycles. The van der Waals surface area contributed by atoms with Crippen LogP contribution in [0.15, 0.2) is 24.3 Å². The minimum Gasteiger partial charge on any atom is -0.492 e. The van der Waals surface area contributed by atoms with E-state index < -0.39 is 11.7 Å². The number of hydrogen-bond acceptors (Lipinski definition) is 5. The lowest BCUT2D eigenvalue weighted by molar-refractivity contribution is 0.0520. The van der Waals surface area contributed by atoms with E-state index in [2.05, 4.69) is 10.6 Å². The predicted octanol–water partition coefficient (Wildman–Crippen LogP) is 2.35. The first-order valence-corrected chi connectivity index (χ1v) is 7.54. The number of carbonyl (C=O) groups excluding carboxylic acids is 1. The molecule has 0 heterocycles. The fourth-order valence-electron chi connectivity index (χ4n) is 1.67. The molecular weight excluding hydrogens is 282 g/mol. The van der Waals surface area contributed by atoms with Crippen LogP contribution in [0.3, 0.4) is 0 Å². The van der Waals surface area contributed by atoms with Crippen LogP contribution in [-0.2, 0) is 4.74 Å². The average Bonchev–Trinajstić information content (AvgIpc) is 2.43. The van der Waals surface area contributed by atoms with Crippen molar-refractivity contribution in [1.82, 2.24) is 5.32 Å². The van der Waals surface area contributed by atoms with Gasteiger partial charge in [-0.25, -0.2) is 4.79 Å². The normalized spacial score (nSPS) is 10.9. The van der Waals surface area contributed by atoms with Crippen LogP contribution < -0.4 is 21.1 Å². The summed E-state index contributed by atoms with van der Waals surface area (Å²) in [6.45, 7) is 7.75. The van der Waals surface area contributed by atoms with Crippen molar-refractivity contribution in [3.05, 3.63) is 24.3 Å². The molecule has 0 atom stereocenters. The van der Waals surface area contributed by atoms with Crippen LogP contribution in [0.5, 0.6) is 5.75 Å². The Morgan fingerprint density at radius 1 is 1.27 bits per heavy atom. The van der Waals surface area contributed by atoms with E-state index in [0.717, 1.165) is 24.4 Å². The van der Waals surface area contributed by atoms with Crippen LogP contribution in [0.25, 0.3) is 0 Å². The highest BCUT2D eigenvalue weighted by molar-refractivity contribution is 5.67. The zero-order valence-electron chi connectivity index (χ0n) is 13.6. The molecule has 0 aliphatic heterocycles.